The van der Waals surface area contributed by atoms with Gasteiger partial charge in [0.05, 0.1) is 7.11 Å². The molecule has 3 aromatic rings. The Morgan fingerprint density at radius 2 is 1.43 bits per heavy atom. The van der Waals surface area contributed by atoms with Crippen LogP contribution in [-0.2, 0) is 20.7 Å². The van der Waals surface area contributed by atoms with Gasteiger partial charge in [0, 0.05) is 16.7 Å². The third-order valence-electron chi connectivity index (χ3n) is 5.83. The van der Waals surface area contributed by atoms with E-state index in [2.05, 4.69) is 24.8 Å². The van der Waals surface area contributed by atoms with Gasteiger partial charge in [0.25, 0.3) is 5.79 Å². The van der Waals surface area contributed by atoms with Crippen LogP contribution in [0.15, 0.2) is 121 Å². The largest absolute Gasteiger partial charge is 0.500 e. The molecule has 1 saturated heterocycles. The van der Waals surface area contributed by atoms with E-state index in [-0.39, 0.29) is 0 Å². The summed E-state index contributed by atoms with van der Waals surface area (Å²) >= 11 is 0. The Bertz CT molecular complexity index is 1150. The lowest BCUT2D eigenvalue weighted by atomic mass is 9.64. The van der Waals surface area contributed by atoms with Gasteiger partial charge in [-0.25, -0.2) is 0 Å². The van der Waals surface area contributed by atoms with Gasteiger partial charge in [0.1, 0.15) is 17.4 Å². The molecular formula is C27H22O3. The summed E-state index contributed by atoms with van der Waals surface area (Å²) in [4.78, 5) is 0. The van der Waals surface area contributed by atoms with Crippen molar-refractivity contribution in [1.82, 2.24) is 0 Å². The number of methoxy groups -OCH3 is 1. The van der Waals surface area contributed by atoms with Crippen molar-refractivity contribution < 1.29 is 14.2 Å². The molecule has 1 fully saturated rings. The van der Waals surface area contributed by atoms with Gasteiger partial charge in [-0.1, -0.05) is 97.6 Å². The number of hydrogen-bond donors (Lipinski definition) is 0. The topological polar surface area (TPSA) is 27.7 Å². The molecule has 0 radical (unpaired) electrons. The maximum atomic E-state index is 6.72. The molecule has 3 aromatic carbocycles. The molecule has 2 aliphatic heterocycles. The molecule has 0 N–H and O–H groups in total. The molecule has 3 heteroatoms. The van der Waals surface area contributed by atoms with E-state index >= 15 is 0 Å². The lowest BCUT2D eigenvalue weighted by molar-refractivity contribution is -0.152. The first-order chi connectivity index (χ1) is 14.8. The van der Waals surface area contributed by atoms with Crippen molar-refractivity contribution in [3.63, 3.8) is 0 Å². The van der Waals surface area contributed by atoms with E-state index in [1.54, 1.807) is 19.4 Å². The van der Waals surface area contributed by atoms with Crippen LogP contribution in [-0.4, -0.2) is 7.11 Å². The predicted molar refractivity (Wildman–Crippen MR) is 117 cm³/mol. The molecule has 2 atom stereocenters. The molecule has 2 aliphatic rings. The average molecular weight is 394 g/mol. The number of allylic oxidation sites excluding steroid dienone is 3. The maximum Gasteiger partial charge on any atom is 0.296 e. The van der Waals surface area contributed by atoms with Crippen LogP contribution in [0.2, 0.25) is 0 Å². The summed E-state index contributed by atoms with van der Waals surface area (Å²) < 4.78 is 18.8. The van der Waals surface area contributed by atoms with Gasteiger partial charge in [-0.15, -0.1) is 0 Å². The zero-order valence-corrected chi connectivity index (χ0v) is 16.7. The first-order valence-corrected chi connectivity index (χ1v) is 9.93. The number of para-hydroxylation sites is 1. The highest BCUT2D eigenvalue weighted by Crippen LogP contribution is 2.67. The number of rotatable bonds is 4. The lowest BCUT2D eigenvalue weighted by Crippen LogP contribution is -2.47. The molecule has 0 spiro atoms. The van der Waals surface area contributed by atoms with Gasteiger partial charge >= 0.3 is 0 Å². The Kier molecular flexibility index (Phi) is 4.25. The summed E-state index contributed by atoms with van der Waals surface area (Å²) in [6.07, 6.45) is 5.41. The smallest absolute Gasteiger partial charge is 0.296 e. The van der Waals surface area contributed by atoms with Crippen LogP contribution in [0.1, 0.15) is 16.7 Å². The molecule has 0 bridgehead atoms. The van der Waals surface area contributed by atoms with Crippen molar-refractivity contribution in [3.05, 3.63) is 138 Å². The number of benzene rings is 3. The van der Waals surface area contributed by atoms with Gasteiger partial charge in [0.2, 0.25) is 0 Å². The fourth-order valence-corrected chi connectivity index (χ4v) is 4.79. The van der Waals surface area contributed by atoms with Crippen LogP contribution in [0.25, 0.3) is 0 Å². The standard InChI is InChI=1S/C27H22O3/c1-3-12-22-25(19-28-2)30-27(21-15-8-5-9-16-21)26(22,20-13-6-4-7-14-20)23-17-10-11-18-24(23)29-27/h3-19H,1H2,2H3/b22-12?,25-19+. The van der Waals surface area contributed by atoms with Crippen molar-refractivity contribution in [1.29, 1.82) is 0 Å². The van der Waals surface area contributed by atoms with Crippen molar-refractivity contribution in [3.8, 4) is 5.75 Å². The second kappa shape index (κ2) is 6.96. The highest BCUT2D eigenvalue weighted by molar-refractivity contribution is 5.68. The fraction of sp³-hybridized carbons (Fsp3) is 0.111. The zero-order valence-electron chi connectivity index (χ0n) is 16.7. The van der Waals surface area contributed by atoms with Crippen LogP contribution >= 0.6 is 0 Å². The molecule has 0 saturated carbocycles. The third-order valence-corrected chi connectivity index (χ3v) is 5.83. The number of ether oxygens (including phenoxy) is 3. The summed E-state index contributed by atoms with van der Waals surface area (Å²) in [5.74, 6) is 0.314. The Balaban J connectivity index is 1.96. The highest BCUT2D eigenvalue weighted by Gasteiger charge is 2.71. The monoisotopic (exact) mass is 394 g/mol. The van der Waals surface area contributed by atoms with Crippen LogP contribution in [0.5, 0.6) is 5.75 Å². The second-order valence-corrected chi connectivity index (χ2v) is 7.33. The summed E-state index contributed by atoms with van der Waals surface area (Å²) in [6.45, 7) is 3.97. The van der Waals surface area contributed by atoms with Crippen LogP contribution in [0.3, 0.4) is 0 Å². The molecule has 3 nitrogen and oxygen atoms in total. The molecule has 0 aliphatic carbocycles. The normalized spacial score (nSPS) is 26.6. The second-order valence-electron chi connectivity index (χ2n) is 7.33. The van der Waals surface area contributed by atoms with Crippen LogP contribution < -0.4 is 4.74 Å². The van der Waals surface area contributed by atoms with Gasteiger partial charge in [-0.05, 0) is 11.6 Å². The highest BCUT2D eigenvalue weighted by atomic mass is 16.7. The van der Waals surface area contributed by atoms with Gasteiger partial charge < -0.3 is 14.2 Å². The van der Waals surface area contributed by atoms with Crippen molar-refractivity contribution in [2.75, 3.05) is 7.11 Å². The third kappa shape index (κ3) is 2.26. The van der Waals surface area contributed by atoms with Gasteiger partial charge in [-0.3, -0.25) is 0 Å². The van der Waals surface area contributed by atoms with Gasteiger partial charge in [-0.2, -0.15) is 0 Å². The van der Waals surface area contributed by atoms with Crippen molar-refractivity contribution in [2.45, 2.75) is 11.2 Å². The Labute approximate surface area is 176 Å². The molecule has 5 rings (SSSR count). The molecule has 148 valence electrons. The van der Waals surface area contributed by atoms with Crippen molar-refractivity contribution in [2.24, 2.45) is 0 Å². The quantitative estimate of drug-likeness (QED) is 0.520. The number of hydrogen-bond acceptors (Lipinski definition) is 3. The summed E-state index contributed by atoms with van der Waals surface area (Å²) in [5.41, 5.74) is 3.27. The van der Waals surface area contributed by atoms with E-state index in [9.17, 15) is 0 Å². The summed E-state index contributed by atoms with van der Waals surface area (Å²) in [6, 6.07) is 28.6. The van der Waals surface area contributed by atoms with Crippen LogP contribution in [0, 0.1) is 0 Å². The van der Waals surface area contributed by atoms with Crippen LogP contribution in [0.4, 0.5) is 0 Å². The summed E-state index contributed by atoms with van der Waals surface area (Å²) in [7, 11) is 1.62. The molecule has 0 amide bonds. The maximum absolute atomic E-state index is 6.72. The minimum atomic E-state index is -1.11. The van der Waals surface area contributed by atoms with E-state index in [1.807, 2.05) is 72.8 Å². The van der Waals surface area contributed by atoms with E-state index in [0.717, 1.165) is 28.0 Å². The molecule has 0 aromatic heterocycles. The van der Waals surface area contributed by atoms with Gasteiger partial charge in [0.15, 0.2) is 5.76 Å². The lowest BCUT2D eigenvalue weighted by Gasteiger charge is -2.37. The van der Waals surface area contributed by atoms with E-state index in [4.69, 9.17) is 14.2 Å². The molecule has 30 heavy (non-hydrogen) atoms. The zero-order chi connectivity index (χ0) is 20.6. The Morgan fingerprint density at radius 1 is 0.800 bits per heavy atom. The van der Waals surface area contributed by atoms with E-state index in [0.29, 0.717) is 5.76 Å². The SMILES string of the molecule is C=CC=C1/C(=C\OC)OC2(c3ccccc3)Oc3ccccc3C12c1ccccc1. The van der Waals surface area contributed by atoms with E-state index < -0.39 is 11.2 Å². The Hall–Kier alpha value is -3.72. The predicted octanol–water partition coefficient (Wildman–Crippen LogP) is 5.85. The van der Waals surface area contributed by atoms with E-state index in [1.165, 1.54) is 0 Å². The minimum Gasteiger partial charge on any atom is -0.500 e. The molecule has 2 heterocycles. The number of fused-ring (bicyclic) bond motifs is 3. The summed E-state index contributed by atoms with van der Waals surface area (Å²) in [5, 5.41) is 0. The first kappa shape index (κ1) is 18.3. The van der Waals surface area contributed by atoms with Crippen molar-refractivity contribution >= 4 is 0 Å². The minimum absolute atomic E-state index is 0.625. The Morgan fingerprint density at radius 3 is 2.10 bits per heavy atom. The molecule has 2 unspecified atom stereocenters. The average Bonchev–Trinajstić information content (AvgIpc) is 3.24. The fourth-order valence-electron chi connectivity index (χ4n) is 4.79. The first-order valence-electron chi connectivity index (χ1n) is 9.93. The molecular weight excluding hydrogens is 372 g/mol.